The van der Waals surface area contributed by atoms with Gasteiger partial charge in [0.15, 0.2) is 5.13 Å². The van der Waals surface area contributed by atoms with Crippen LogP contribution in [0.25, 0.3) is 10.2 Å². The van der Waals surface area contributed by atoms with Crippen LogP contribution >= 0.6 is 11.3 Å². The van der Waals surface area contributed by atoms with E-state index in [1.165, 1.54) is 30.6 Å². The number of carbonyl (C=O) groups excluding carboxylic acids is 1. The zero-order valence-corrected chi connectivity index (χ0v) is 18.0. The molecule has 0 aliphatic carbocycles. The van der Waals surface area contributed by atoms with Crippen LogP contribution in [-0.4, -0.2) is 32.5 Å². The number of aromatic nitrogens is 1. The fourth-order valence-electron chi connectivity index (χ4n) is 2.81. The summed E-state index contributed by atoms with van der Waals surface area (Å²) < 4.78 is 34.1. The Balaban J connectivity index is 1.79. The van der Waals surface area contributed by atoms with Gasteiger partial charge in [-0.1, -0.05) is 37.3 Å². The number of hydrogen-bond acceptors (Lipinski definition) is 6. The van der Waals surface area contributed by atoms with E-state index in [-0.39, 0.29) is 10.8 Å². The van der Waals surface area contributed by atoms with Crippen LogP contribution in [0.15, 0.2) is 53.4 Å². The van der Waals surface area contributed by atoms with Crippen molar-refractivity contribution in [2.45, 2.75) is 31.2 Å². The molecule has 0 saturated heterocycles. The number of rotatable bonds is 8. The van der Waals surface area contributed by atoms with Gasteiger partial charge in [0.25, 0.3) is 0 Å². The van der Waals surface area contributed by atoms with Gasteiger partial charge in [0.2, 0.25) is 15.9 Å². The highest BCUT2D eigenvalue weighted by Crippen LogP contribution is 2.26. The zero-order chi connectivity index (χ0) is 21.0. The molecular formula is C20H23N3O4S2. The standard InChI is InChI=1S/C20H23N3O4S2/c1-13(2)12-17(23-29(25,26)15-10-8-14(27-3)9-11-15)19(24)22-20-21-16-6-4-5-7-18(16)28-20/h4-11,13,17,23H,12H2,1-3H3,(H,21,22,24)/t17-/m0/s1. The molecule has 1 aromatic heterocycles. The summed E-state index contributed by atoms with van der Waals surface area (Å²) in [7, 11) is -2.37. The largest absolute Gasteiger partial charge is 0.497 e. The highest BCUT2D eigenvalue weighted by atomic mass is 32.2. The third-order valence-electron chi connectivity index (χ3n) is 4.21. The number of methoxy groups -OCH3 is 1. The number of thiazole rings is 1. The number of hydrogen-bond donors (Lipinski definition) is 2. The Kier molecular flexibility index (Phi) is 6.51. The van der Waals surface area contributed by atoms with E-state index in [1.807, 2.05) is 38.1 Å². The lowest BCUT2D eigenvalue weighted by molar-refractivity contribution is -0.118. The van der Waals surface area contributed by atoms with Gasteiger partial charge in [-0.25, -0.2) is 13.4 Å². The van der Waals surface area contributed by atoms with Crippen molar-refractivity contribution in [2.75, 3.05) is 12.4 Å². The van der Waals surface area contributed by atoms with E-state index in [0.717, 1.165) is 10.2 Å². The van der Waals surface area contributed by atoms with Crippen LogP contribution < -0.4 is 14.8 Å². The molecule has 3 aromatic rings. The number of fused-ring (bicyclic) bond motifs is 1. The van der Waals surface area contributed by atoms with Crippen molar-refractivity contribution in [2.24, 2.45) is 5.92 Å². The van der Waals surface area contributed by atoms with Gasteiger partial charge >= 0.3 is 0 Å². The molecule has 0 spiro atoms. The Labute approximate surface area is 174 Å². The number of nitrogens with one attached hydrogen (secondary N) is 2. The van der Waals surface area contributed by atoms with E-state index < -0.39 is 22.0 Å². The Hall–Kier alpha value is -2.49. The summed E-state index contributed by atoms with van der Waals surface area (Å²) in [4.78, 5) is 17.3. The minimum atomic E-state index is -3.88. The molecule has 1 heterocycles. The molecule has 29 heavy (non-hydrogen) atoms. The van der Waals surface area contributed by atoms with Gasteiger partial charge in [0, 0.05) is 0 Å². The van der Waals surface area contributed by atoms with Gasteiger partial charge in [-0.15, -0.1) is 0 Å². The first kappa shape index (κ1) is 21.2. The zero-order valence-electron chi connectivity index (χ0n) is 16.4. The van der Waals surface area contributed by atoms with Crippen molar-refractivity contribution in [3.05, 3.63) is 48.5 Å². The van der Waals surface area contributed by atoms with Gasteiger partial charge in [-0.2, -0.15) is 4.72 Å². The van der Waals surface area contributed by atoms with Crippen LogP contribution in [0, 0.1) is 5.92 Å². The lowest BCUT2D eigenvalue weighted by Crippen LogP contribution is -2.44. The molecule has 2 N–H and O–H groups in total. The maximum atomic E-state index is 12.8. The lowest BCUT2D eigenvalue weighted by Gasteiger charge is -2.19. The molecule has 0 fully saturated rings. The van der Waals surface area contributed by atoms with Crippen LogP contribution in [0.1, 0.15) is 20.3 Å². The van der Waals surface area contributed by atoms with E-state index >= 15 is 0 Å². The minimum Gasteiger partial charge on any atom is -0.497 e. The number of carbonyl (C=O) groups is 1. The molecule has 0 bridgehead atoms. The van der Waals surface area contributed by atoms with Gasteiger partial charge < -0.3 is 10.1 Å². The normalized spacial score (nSPS) is 12.8. The molecule has 0 aliphatic heterocycles. The summed E-state index contributed by atoms with van der Waals surface area (Å²) in [5.41, 5.74) is 0.784. The molecule has 9 heteroatoms. The topological polar surface area (TPSA) is 97.4 Å². The predicted molar refractivity (Wildman–Crippen MR) is 115 cm³/mol. The number of amides is 1. The maximum Gasteiger partial charge on any atom is 0.244 e. The molecule has 0 saturated carbocycles. The SMILES string of the molecule is COc1ccc(S(=O)(=O)N[C@@H](CC(C)C)C(=O)Nc2nc3ccccc3s2)cc1. The highest BCUT2D eigenvalue weighted by Gasteiger charge is 2.27. The average Bonchev–Trinajstić information content (AvgIpc) is 3.09. The first-order chi connectivity index (χ1) is 13.8. The van der Waals surface area contributed by atoms with Crippen LogP contribution in [0.4, 0.5) is 5.13 Å². The summed E-state index contributed by atoms with van der Waals surface area (Å²) in [5.74, 6) is 0.228. The third-order valence-corrected chi connectivity index (χ3v) is 6.65. The Morgan fingerprint density at radius 2 is 1.83 bits per heavy atom. The van der Waals surface area contributed by atoms with Crippen LogP contribution in [-0.2, 0) is 14.8 Å². The van der Waals surface area contributed by atoms with Gasteiger partial charge in [-0.3, -0.25) is 4.79 Å². The number of benzene rings is 2. The number of para-hydroxylation sites is 1. The second-order valence-electron chi connectivity index (χ2n) is 6.95. The fourth-order valence-corrected chi connectivity index (χ4v) is 4.89. The molecular weight excluding hydrogens is 410 g/mol. The summed E-state index contributed by atoms with van der Waals surface area (Å²) in [5, 5.41) is 3.19. The number of nitrogens with zero attached hydrogens (tertiary/aromatic N) is 1. The van der Waals surface area contributed by atoms with E-state index in [1.54, 1.807) is 12.1 Å². The number of sulfonamides is 1. The fraction of sp³-hybridized carbons (Fsp3) is 0.300. The van der Waals surface area contributed by atoms with Crippen molar-refractivity contribution in [1.29, 1.82) is 0 Å². The van der Waals surface area contributed by atoms with Crippen molar-refractivity contribution < 1.29 is 17.9 Å². The Morgan fingerprint density at radius 1 is 1.14 bits per heavy atom. The molecule has 1 atom stereocenters. The second-order valence-corrected chi connectivity index (χ2v) is 9.70. The summed E-state index contributed by atoms with van der Waals surface area (Å²) in [6.45, 7) is 3.86. The van der Waals surface area contributed by atoms with E-state index in [0.29, 0.717) is 17.3 Å². The van der Waals surface area contributed by atoms with E-state index in [4.69, 9.17) is 4.74 Å². The number of ether oxygens (including phenoxy) is 1. The quantitative estimate of drug-likeness (QED) is 0.565. The first-order valence-electron chi connectivity index (χ1n) is 9.11. The van der Waals surface area contributed by atoms with Crippen LogP contribution in [0.5, 0.6) is 5.75 Å². The average molecular weight is 434 g/mol. The van der Waals surface area contributed by atoms with Gasteiger partial charge in [0.05, 0.1) is 22.2 Å². The molecule has 0 unspecified atom stereocenters. The lowest BCUT2D eigenvalue weighted by atomic mass is 10.0. The van der Waals surface area contributed by atoms with Crippen molar-refractivity contribution >= 4 is 42.6 Å². The smallest absolute Gasteiger partial charge is 0.244 e. The molecule has 2 aromatic carbocycles. The van der Waals surface area contributed by atoms with Gasteiger partial charge in [-0.05, 0) is 48.7 Å². The van der Waals surface area contributed by atoms with E-state index in [9.17, 15) is 13.2 Å². The van der Waals surface area contributed by atoms with Crippen LogP contribution in [0.3, 0.4) is 0 Å². The monoisotopic (exact) mass is 433 g/mol. The third kappa shape index (κ3) is 5.31. The Morgan fingerprint density at radius 3 is 2.45 bits per heavy atom. The second kappa shape index (κ2) is 8.89. The molecule has 1 amide bonds. The van der Waals surface area contributed by atoms with Crippen molar-refractivity contribution in [3.8, 4) is 5.75 Å². The predicted octanol–water partition coefficient (Wildman–Crippen LogP) is 3.64. The summed E-state index contributed by atoms with van der Waals surface area (Å²) in [6, 6.07) is 12.6. The molecule has 3 rings (SSSR count). The summed E-state index contributed by atoms with van der Waals surface area (Å²) >= 11 is 1.35. The minimum absolute atomic E-state index is 0.0693. The molecule has 154 valence electrons. The number of anilines is 1. The first-order valence-corrected chi connectivity index (χ1v) is 11.4. The van der Waals surface area contributed by atoms with Crippen molar-refractivity contribution in [1.82, 2.24) is 9.71 Å². The summed E-state index contributed by atoms with van der Waals surface area (Å²) in [6.07, 6.45) is 0.353. The van der Waals surface area contributed by atoms with Crippen molar-refractivity contribution in [3.63, 3.8) is 0 Å². The van der Waals surface area contributed by atoms with Crippen LogP contribution in [0.2, 0.25) is 0 Å². The molecule has 0 radical (unpaired) electrons. The Bertz CT molecular complexity index is 1060. The van der Waals surface area contributed by atoms with Gasteiger partial charge in [0.1, 0.15) is 11.8 Å². The maximum absolute atomic E-state index is 12.8. The molecule has 0 aliphatic rings. The van der Waals surface area contributed by atoms with E-state index in [2.05, 4.69) is 15.0 Å². The molecule has 7 nitrogen and oxygen atoms in total. The highest BCUT2D eigenvalue weighted by molar-refractivity contribution is 7.89.